The number of aromatic nitrogens is 2. The van der Waals surface area contributed by atoms with Crippen LogP contribution in [-0.4, -0.2) is 39.5 Å². The molecule has 0 saturated carbocycles. The molecule has 0 aliphatic carbocycles. The zero-order chi connectivity index (χ0) is 27.7. The van der Waals surface area contributed by atoms with Crippen molar-refractivity contribution in [1.29, 1.82) is 0 Å². The van der Waals surface area contributed by atoms with Gasteiger partial charge in [0, 0.05) is 35.2 Å². The molecule has 0 spiro atoms. The summed E-state index contributed by atoms with van der Waals surface area (Å²) in [5.74, 6) is 0.559. The Bertz CT molecular complexity index is 1830. The Morgan fingerprint density at radius 3 is 2.28 bits per heavy atom. The Balaban J connectivity index is 1.64. The first kappa shape index (κ1) is 25.8. The van der Waals surface area contributed by atoms with Gasteiger partial charge in [-0.3, -0.25) is 14.1 Å². The molecule has 10 nitrogen and oxygen atoms in total. The largest absolute Gasteiger partial charge is 0.497 e. The van der Waals surface area contributed by atoms with Gasteiger partial charge in [0.15, 0.2) is 5.82 Å². The molecule has 0 aliphatic rings. The summed E-state index contributed by atoms with van der Waals surface area (Å²) in [6.07, 6.45) is 1.24. The van der Waals surface area contributed by atoms with Crippen LogP contribution in [0.15, 0.2) is 87.2 Å². The van der Waals surface area contributed by atoms with E-state index in [1.807, 2.05) is 0 Å². The van der Waals surface area contributed by atoms with Gasteiger partial charge in [0.25, 0.3) is 15.6 Å². The lowest BCUT2D eigenvalue weighted by Crippen LogP contribution is -2.19. The number of pyridine rings is 1. The van der Waals surface area contributed by atoms with E-state index in [0.717, 1.165) is 0 Å². The third-order valence-electron chi connectivity index (χ3n) is 6.02. The first-order valence-electron chi connectivity index (χ1n) is 11.4. The van der Waals surface area contributed by atoms with Crippen LogP contribution in [0.3, 0.4) is 0 Å². The first-order chi connectivity index (χ1) is 18.7. The molecule has 0 aliphatic heterocycles. The first-order valence-corrected chi connectivity index (χ1v) is 12.9. The molecule has 0 amide bonds. The number of halogens is 1. The fraction of sp³-hybridized carbons (Fsp3) is 0.111. The van der Waals surface area contributed by atoms with Crippen molar-refractivity contribution in [2.75, 3.05) is 26.1 Å². The molecule has 0 unspecified atom stereocenters. The van der Waals surface area contributed by atoms with E-state index < -0.39 is 21.4 Å². The summed E-state index contributed by atoms with van der Waals surface area (Å²) >= 11 is 0. The van der Waals surface area contributed by atoms with Crippen LogP contribution in [0.1, 0.15) is 0 Å². The Morgan fingerprint density at radius 1 is 0.897 bits per heavy atom. The maximum Gasteiger partial charge on any atom is 0.263 e. The number of rotatable bonds is 8. The Morgan fingerprint density at radius 2 is 1.64 bits per heavy atom. The van der Waals surface area contributed by atoms with Crippen molar-refractivity contribution in [2.24, 2.45) is 0 Å². The van der Waals surface area contributed by atoms with Crippen LogP contribution in [0.4, 0.5) is 10.2 Å². The van der Waals surface area contributed by atoms with Crippen LogP contribution in [0.5, 0.6) is 17.2 Å². The monoisotopic (exact) mass is 551 g/mol. The smallest absolute Gasteiger partial charge is 0.263 e. The summed E-state index contributed by atoms with van der Waals surface area (Å²) in [5.41, 5.74) is 0.700. The van der Waals surface area contributed by atoms with Gasteiger partial charge in [-0.15, -0.1) is 0 Å². The highest BCUT2D eigenvalue weighted by Gasteiger charge is 2.20. The highest BCUT2D eigenvalue weighted by molar-refractivity contribution is 7.92. The quantitative estimate of drug-likeness (QED) is 0.297. The molecule has 5 aromatic rings. The standard InChI is InChI=1S/C27H22FN3O7S/c1-35-18-10-17(11-19(13-18)36-2)21-14-25(37-3)24(15-22(21)28)31-23-6-5-20(12-16(23)4-7-27(31)32)39(33,34)30-26-8-9-38-29-26/h4-15H,1-3H3,(H,29,30). The second-order valence-corrected chi connectivity index (χ2v) is 10.0. The van der Waals surface area contributed by atoms with Gasteiger partial charge in [-0.05, 0) is 48.0 Å². The molecule has 3 aromatic carbocycles. The molecule has 0 atom stereocenters. The van der Waals surface area contributed by atoms with E-state index in [-0.39, 0.29) is 27.7 Å². The highest BCUT2D eigenvalue weighted by atomic mass is 32.2. The van der Waals surface area contributed by atoms with Gasteiger partial charge in [0.1, 0.15) is 29.3 Å². The molecule has 1 N–H and O–H groups in total. The van der Waals surface area contributed by atoms with Crippen molar-refractivity contribution in [1.82, 2.24) is 9.72 Å². The maximum atomic E-state index is 15.6. The van der Waals surface area contributed by atoms with E-state index in [0.29, 0.717) is 28.0 Å². The fourth-order valence-corrected chi connectivity index (χ4v) is 5.19. The van der Waals surface area contributed by atoms with Crippen LogP contribution in [0.2, 0.25) is 0 Å². The zero-order valence-corrected chi connectivity index (χ0v) is 21.8. The predicted octanol–water partition coefficient (Wildman–Crippen LogP) is 4.61. The Hall–Kier alpha value is -4.84. The van der Waals surface area contributed by atoms with Crippen molar-refractivity contribution in [3.8, 4) is 34.1 Å². The summed E-state index contributed by atoms with van der Waals surface area (Å²) in [6, 6.07) is 16.0. The van der Waals surface area contributed by atoms with Crippen molar-refractivity contribution >= 4 is 26.7 Å². The average molecular weight is 552 g/mol. The van der Waals surface area contributed by atoms with Crippen molar-refractivity contribution < 1.29 is 31.5 Å². The molecule has 0 saturated heterocycles. The zero-order valence-electron chi connectivity index (χ0n) is 21.0. The minimum atomic E-state index is -3.99. The van der Waals surface area contributed by atoms with Gasteiger partial charge in [-0.25, -0.2) is 12.8 Å². The summed E-state index contributed by atoms with van der Waals surface area (Å²) < 4.78 is 65.6. The minimum absolute atomic E-state index is 0.0222. The van der Waals surface area contributed by atoms with E-state index >= 15 is 4.39 Å². The van der Waals surface area contributed by atoms with Gasteiger partial charge < -0.3 is 18.7 Å². The number of sulfonamides is 1. The number of ether oxygens (including phenoxy) is 3. The van der Waals surface area contributed by atoms with Crippen molar-refractivity contribution in [2.45, 2.75) is 4.90 Å². The predicted molar refractivity (Wildman–Crippen MR) is 142 cm³/mol. The van der Waals surface area contributed by atoms with E-state index in [1.165, 1.54) is 80.7 Å². The maximum absolute atomic E-state index is 15.6. The van der Waals surface area contributed by atoms with Gasteiger partial charge in [0.05, 0.1) is 37.4 Å². The van der Waals surface area contributed by atoms with Crippen LogP contribution in [0, 0.1) is 5.82 Å². The van der Waals surface area contributed by atoms with Crippen LogP contribution in [0.25, 0.3) is 27.7 Å². The highest BCUT2D eigenvalue weighted by Crippen LogP contribution is 2.36. The molecular formula is C27H22FN3O7S. The summed E-state index contributed by atoms with van der Waals surface area (Å²) in [6.45, 7) is 0. The third kappa shape index (κ3) is 4.89. The molecule has 0 radical (unpaired) electrons. The molecule has 0 fully saturated rings. The van der Waals surface area contributed by atoms with E-state index in [4.69, 9.17) is 14.2 Å². The lowest BCUT2D eigenvalue weighted by Gasteiger charge is -2.17. The SMILES string of the molecule is COc1cc(OC)cc(-c2cc(OC)c(-n3c(=O)ccc4cc(S(=O)(=O)Nc5ccon5)ccc43)cc2F)c1. The number of anilines is 1. The van der Waals surface area contributed by atoms with Crippen molar-refractivity contribution in [3.05, 3.63) is 89.2 Å². The molecule has 200 valence electrons. The fourth-order valence-electron chi connectivity index (χ4n) is 4.17. The van der Waals surface area contributed by atoms with Crippen LogP contribution < -0.4 is 24.5 Å². The van der Waals surface area contributed by atoms with Gasteiger partial charge in [0.2, 0.25) is 0 Å². The second kappa shape index (κ2) is 10.1. The number of nitrogens with zero attached hydrogens (tertiary/aromatic N) is 2. The van der Waals surface area contributed by atoms with E-state index in [9.17, 15) is 13.2 Å². The number of methoxy groups -OCH3 is 3. The molecule has 2 aromatic heterocycles. The lowest BCUT2D eigenvalue weighted by atomic mass is 10.0. The summed E-state index contributed by atoms with van der Waals surface area (Å²) in [5, 5.41) is 3.97. The lowest BCUT2D eigenvalue weighted by molar-refractivity contribution is 0.394. The molecule has 2 heterocycles. The average Bonchev–Trinajstić information content (AvgIpc) is 3.44. The van der Waals surface area contributed by atoms with E-state index in [2.05, 4.69) is 14.4 Å². The topological polar surface area (TPSA) is 122 Å². The Labute approximate surface area is 222 Å². The molecule has 0 bridgehead atoms. The second-order valence-electron chi connectivity index (χ2n) is 8.32. The number of hydrogen-bond donors (Lipinski definition) is 1. The molecule has 12 heteroatoms. The molecule has 39 heavy (non-hydrogen) atoms. The number of nitrogens with one attached hydrogen (secondary N) is 1. The van der Waals surface area contributed by atoms with Gasteiger partial charge in [-0.1, -0.05) is 5.16 Å². The summed E-state index contributed by atoms with van der Waals surface area (Å²) in [4.78, 5) is 13.0. The normalized spacial score (nSPS) is 11.4. The number of benzene rings is 3. The van der Waals surface area contributed by atoms with E-state index in [1.54, 1.807) is 18.2 Å². The van der Waals surface area contributed by atoms with Crippen LogP contribution in [-0.2, 0) is 10.0 Å². The minimum Gasteiger partial charge on any atom is -0.497 e. The molecule has 5 rings (SSSR count). The Kier molecular flexibility index (Phi) is 6.71. The van der Waals surface area contributed by atoms with Gasteiger partial charge >= 0.3 is 0 Å². The number of hydrogen-bond acceptors (Lipinski definition) is 8. The number of fused-ring (bicyclic) bond motifs is 1. The van der Waals surface area contributed by atoms with Crippen LogP contribution >= 0.6 is 0 Å². The van der Waals surface area contributed by atoms with Crippen molar-refractivity contribution in [3.63, 3.8) is 0 Å². The summed E-state index contributed by atoms with van der Waals surface area (Å²) in [7, 11) is 0.396. The van der Waals surface area contributed by atoms with Gasteiger partial charge in [-0.2, -0.15) is 0 Å². The molecular weight excluding hydrogens is 529 g/mol. The third-order valence-corrected chi connectivity index (χ3v) is 7.38.